The Morgan fingerprint density at radius 1 is 1.12 bits per heavy atom. The van der Waals surface area contributed by atoms with E-state index in [9.17, 15) is 15.4 Å². The van der Waals surface area contributed by atoms with Gasteiger partial charge >= 0.3 is 0 Å². The second-order valence-corrected chi connectivity index (χ2v) is 7.87. The summed E-state index contributed by atoms with van der Waals surface area (Å²) in [7, 11) is 0. The maximum Gasteiger partial charge on any atom is 0.269 e. The van der Waals surface area contributed by atoms with Crippen molar-refractivity contribution in [2.75, 3.05) is 6.61 Å². The quantitative estimate of drug-likeness (QED) is 0.151. The van der Waals surface area contributed by atoms with Crippen LogP contribution in [0.2, 0.25) is 0 Å². The van der Waals surface area contributed by atoms with Crippen LogP contribution < -0.4 is 9.47 Å². The van der Waals surface area contributed by atoms with Gasteiger partial charge in [0, 0.05) is 12.1 Å². The van der Waals surface area contributed by atoms with Crippen LogP contribution in [-0.2, 0) is 6.61 Å². The maximum atomic E-state index is 10.8. The van der Waals surface area contributed by atoms with Crippen molar-refractivity contribution in [3.8, 4) is 17.6 Å². The van der Waals surface area contributed by atoms with E-state index < -0.39 is 4.92 Å². The highest BCUT2D eigenvalue weighted by molar-refractivity contribution is 9.10. The smallest absolute Gasteiger partial charge is 0.269 e. The number of aryl methyl sites for hydroxylation is 1. The number of nitrogens with zero attached hydrogens (tertiary/aromatic N) is 2. The van der Waals surface area contributed by atoms with E-state index in [1.165, 1.54) is 12.1 Å². The van der Waals surface area contributed by atoms with Gasteiger partial charge in [-0.3, -0.25) is 10.1 Å². The third-order valence-electron chi connectivity index (χ3n) is 4.66. The maximum absolute atomic E-state index is 10.8. The number of halogens is 1. The minimum Gasteiger partial charge on any atom is -0.490 e. The molecule has 0 amide bonds. The second-order valence-electron chi connectivity index (χ2n) is 7.01. The Balaban J connectivity index is 1.87. The topological polar surface area (TPSA) is 85.4 Å². The predicted molar refractivity (Wildman–Crippen MR) is 127 cm³/mol. The minimum atomic E-state index is -0.438. The van der Waals surface area contributed by atoms with E-state index in [-0.39, 0.29) is 12.3 Å². The molecule has 0 saturated heterocycles. The van der Waals surface area contributed by atoms with Gasteiger partial charge in [0.25, 0.3) is 5.69 Å². The zero-order valence-electron chi connectivity index (χ0n) is 17.7. The molecule has 0 fully saturated rings. The van der Waals surface area contributed by atoms with Crippen LogP contribution in [0.25, 0.3) is 11.6 Å². The molecule has 0 heterocycles. The molecule has 6 nitrogen and oxygen atoms in total. The Bertz CT molecular complexity index is 1180. The lowest BCUT2D eigenvalue weighted by Crippen LogP contribution is -2.01. The normalized spacial score (nSPS) is 11.0. The van der Waals surface area contributed by atoms with Gasteiger partial charge < -0.3 is 9.47 Å². The number of benzene rings is 3. The number of nitro benzene ring substituents is 1. The zero-order chi connectivity index (χ0) is 23.1. The van der Waals surface area contributed by atoms with Crippen LogP contribution >= 0.6 is 15.9 Å². The number of hydrogen-bond acceptors (Lipinski definition) is 5. The molecule has 0 aromatic heterocycles. The highest BCUT2D eigenvalue weighted by Crippen LogP contribution is 2.38. The molecule has 3 rings (SSSR count). The average molecular weight is 493 g/mol. The first-order chi connectivity index (χ1) is 15.4. The van der Waals surface area contributed by atoms with Crippen molar-refractivity contribution in [3.63, 3.8) is 0 Å². The number of allylic oxidation sites excluding steroid dienone is 1. The largest absolute Gasteiger partial charge is 0.490 e. The van der Waals surface area contributed by atoms with Crippen LogP contribution in [0.3, 0.4) is 0 Å². The van der Waals surface area contributed by atoms with E-state index in [1.54, 1.807) is 18.2 Å². The van der Waals surface area contributed by atoms with E-state index in [1.807, 2.05) is 50.2 Å². The van der Waals surface area contributed by atoms with E-state index in [0.717, 1.165) is 22.3 Å². The molecule has 0 aliphatic rings. The summed E-state index contributed by atoms with van der Waals surface area (Å²) in [6.07, 6.45) is 1.80. The molecule has 0 atom stereocenters. The number of hydrogen-bond donors (Lipinski definition) is 0. The summed E-state index contributed by atoms with van der Waals surface area (Å²) < 4.78 is 12.4. The number of non-ortho nitro benzene ring substituents is 1. The Morgan fingerprint density at radius 2 is 1.81 bits per heavy atom. The van der Waals surface area contributed by atoms with Gasteiger partial charge in [-0.1, -0.05) is 29.8 Å². The second kappa shape index (κ2) is 10.6. The summed E-state index contributed by atoms with van der Waals surface area (Å²) in [4.78, 5) is 10.4. The molecular formula is C25H21BrN2O4. The van der Waals surface area contributed by atoms with Gasteiger partial charge in [-0.25, -0.2) is 0 Å². The Morgan fingerprint density at radius 3 is 2.41 bits per heavy atom. The SMILES string of the molecule is CCOc1cc(/C=C(/C#N)c2ccc(C)cc2)cc(Br)c1OCc1ccc([N+](=O)[O-])cc1. The summed E-state index contributed by atoms with van der Waals surface area (Å²) in [6, 6.07) is 19.9. The summed E-state index contributed by atoms with van der Waals surface area (Å²) in [5.41, 5.74) is 4.12. The van der Waals surface area contributed by atoms with Gasteiger partial charge in [0.15, 0.2) is 11.5 Å². The fraction of sp³-hybridized carbons (Fsp3) is 0.160. The van der Waals surface area contributed by atoms with Crippen molar-refractivity contribution in [3.05, 3.63) is 97.5 Å². The Labute approximate surface area is 195 Å². The summed E-state index contributed by atoms with van der Waals surface area (Å²) in [6.45, 7) is 4.54. The number of nitriles is 1. The first-order valence-corrected chi connectivity index (χ1v) is 10.7. The standard InChI is InChI=1S/C25H21BrN2O4/c1-3-31-24-14-19(12-21(15-27)20-8-4-17(2)5-9-20)13-23(26)25(24)32-16-18-6-10-22(11-7-18)28(29)30/h4-14H,3,16H2,1-2H3/b21-12-. The van der Waals surface area contributed by atoms with Crippen LogP contribution in [0.15, 0.2) is 65.1 Å². The molecular weight excluding hydrogens is 472 g/mol. The summed E-state index contributed by atoms with van der Waals surface area (Å²) in [5.74, 6) is 1.06. The van der Waals surface area contributed by atoms with Crippen LogP contribution in [0, 0.1) is 28.4 Å². The lowest BCUT2D eigenvalue weighted by molar-refractivity contribution is -0.384. The van der Waals surface area contributed by atoms with E-state index in [0.29, 0.717) is 28.2 Å². The van der Waals surface area contributed by atoms with Gasteiger partial charge in [-0.15, -0.1) is 0 Å². The van der Waals surface area contributed by atoms with Gasteiger partial charge in [0.2, 0.25) is 0 Å². The van der Waals surface area contributed by atoms with Crippen molar-refractivity contribution < 1.29 is 14.4 Å². The van der Waals surface area contributed by atoms with Crippen molar-refractivity contribution in [1.82, 2.24) is 0 Å². The summed E-state index contributed by atoms with van der Waals surface area (Å²) in [5, 5.41) is 20.5. The summed E-state index contributed by atoms with van der Waals surface area (Å²) >= 11 is 3.54. The minimum absolute atomic E-state index is 0.0305. The predicted octanol–water partition coefficient (Wildman–Crippen LogP) is 6.71. The Kier molecular flexibility index (Phi) is 7.63. The molecule has 7 heteroatoms. The zero-order valence-corrected chi connectivity index (χ0v) is 19.3. The van der Waals surface area contributed by atoms with E-state index in [2.05, 4.69) is 22.0 Å². The van der Waals surface area contributed by atoms with Crippen molar-refractivity contribution in [2.24, 2.45) is 0 Å². The monoisotopic (exact) mass is 492 g/mol. The Hall–Kier alpha value is -3.63. The van der Waals surface area contributed by atoms with Crippen LogP contribution in [0.5, 0.6) is 11.5 Å². The number of ether oxygens (including phenoxy) is 2. The third kappa shape index (κ3) is 5.74. The van der Waals surface area contributed by atoms with E-state index in [4.69, 9.17) is 9.47 Å². The van der Waals surface area contributed by atoms with Gasteiger partial charge in [0.05, 0.1) is 27.6 Å². The molecule has 0 N–H and O–H groups in total. The molecule has 0 aliphatic heterocycles. The molecule has 0 spiro atoms. The highest BCUT2D eigenvalue weighted by Gasteiger charge is 2.13. The number of nitro groups is 1. The molecule has 162 valence electrons. The third-order valence-corrected chi connectivity index (χ3v) is 5.25. The van der Waals surface area contributed by atoms with Crippen LogP contribution in [-0.4, -0.2) is 11.5 Å². The molecule has 3 aromatic rings. The molecule has 0 radical (unpaired) electrons. The van der Waals surface area contributed by atoms with Gasteiger partial charge in [0.1, 0.15) is 6.61 Å². The van der Waals surface area contributed by atoms with Crippen LogP contribution in [0.1, 0.15) is 29.2 Å². The average Bonchev–Trinajstić information content (AvgIpc) is 2.78. The first-order valence-electron chi connectivity index (χ1n) is 9.92. The van der Waals surface area contributed by atoms with Crippen molar-refractivity contribution in [2.45, 2.75) is 20.5 Å². The van der Waals surface area contributed by atoms with Gasteiger partial charge in [-0.05, 0) is 76.8 Å². The lowest BCUT2D eigenvalue weighted by Gasteiger charge is -2.15. The number of rotatable bonds is 8. The molecule has 0 saturated carbocycles. The fourth-order valence-corrected chi connectivity index (χ4v) is 3.60. The first kappa shape index (κ1) is 23.0. The molecule has 0 aliphatic carbocycles. The van der Waals surface area contributed by atoms with E-state index >= 15 is 0 Å². The molecule has 0 bridgehead atoms. The van der Waals surface area contributed by atoms with Crippen molar-refractivity contribution >= 4 is 33.3 Å². The molecule has 32 heavy (non-hydrogen) atoms. The molecule has 3 aromatic carbocycles. The van der Waals surface area contributed by atoms with Crippen LogP contribution in [0.4, 0.5) is 5.69 Å². The van der Waals surface area contributed by atoms with Gasteiger partial charge in [-0.2, -0.15) is 5.26 Å². The lowest BCUT2D eigenvalue weighted by atomic mass is 10.0. The molecule has 0 unspecified atom stereocenters. The fourth-order valence-electron chi connectivity index (χ4n) is 3.02. The highest BCUT2D eigenvalue weighted by atomic mass is 79.9. The van der Waals surface area contributed by atoms with Crippen molar-refractivity contribution in [1.29, 1.82) is 5.26 Å².